The van der Waals surface area contributed by atoms with Crippen molar-refractivity contribution >= 4 is 11.8 Å². The first-order valence-corrected chi connectivity index (χ1v) is 6.58. The lowest BCUT2D eigenvalue weighted by molar-refractivity contribution is -0.131. The van der Waals surface area contributed by atoms with Crippen LogP contribution in [0.5, 0.6) is 0 Å². The van der Waals surface area contributed by atoms with Crippen LogP contribution in [0.4, 0.5) is 0 Å². The maximum atomic E-state index is 11.6. The number of aliphatic hydroxyl groups is 1. The Kier molecular flexibility index (Phi) is 5.31. The van der Waals surface area contributed by atoms with Crippen molar-refractivity contribution in [2.75, 3.05) is 26.3 Å². The average Bonchev–Trinajstić information content (AvgIpc) is 2.33. The van der Waals surface area contributed by atoms with E-state index in [4.69, 9.17) is 4.74 Å². The van der Waals surface area contributed by atoms with E-state index < -0.39 is 11.0 Å². The Morgan fingerprint density at radius 2 is 1.79 bits per heavy atom. The molecule has 0 spiro atoms. The molecule has 3 N–H and O–H groups in total. The quantitative estimate of drug-likeness (QED) is 0.662. The van der Waals surface area contributed by atoms with Crippen molar-refractivity contribution in [3.8, 4) is 0 Å². The normalized spacial score (nSPS) is 18.7. The molecule has 6 nitrogen and oxygen atoms in total. The molecule has 1 saturated heterocycles. The fourth-order valence-electron chi connectivity index (χ4n) is 1.68. The second-order valence-corrected chi connectivity index (χ2v) is 6.05. The summed E-state index contributed by atoms with van der Waals surface area (Å²) in [4.78, 5) is 23.2. The van der Waals surface area contributed by atoms with E-state index in [2.05, 4.69) is 10.6 Å². The molecule has 0 aromatic heterocycles. The zero-order valence-electron chi connectivity index (χ0n) is 11.9. The van der Waals surface area contributed by atoms with E-state index in [-0.39, 0.29) is 24.9 Å². The number of ether oxygens (including phenoxy) is 1. The monoisotopic (exact) mass is 272 g/mol. The summed E-state index contributed by atoms with van der Waals surface area (Å²) in [5.41, 5.74) is -1.40. The molecule has 0 bridgehead atoms. The molecule has 0 unspecified atom stereocenters. The third kappa shape index (κ3) is 5.57. The molecular formula is C13H24N2O4. The van der Waals surface area contributed by atoms with Gasteiger partial charge in [0.15, 0.2) is 0 Å². The third-order valence-corrected chi connectivity index (χ3v) is 3.13. The van der Waals surface area contributed by atoms with Gasteiger partial charge in [0.1, 0.15) is 0 Å². The fourth-order valence-corrected chi connectivity index (χ4v) is 1.68. The molecule has 1 heterocycles. The van der Waals surface area contributed by atoms with E-state index >= 15 is 0 Å². The van der Waals surface area contributed by atoms with Crippen molar-refractivity contribution in [2.45, 2.75) is 39.2 Å². The third-order valence-electron chi connectivity index (χ3n) is 3.13. The number of hydrogen-bond donors (Lipinski definition) is 3. The Labute approximate surface area is 113 Å². The van der Waals surface area contributed by atoms with Crippen LogP contribution in [0.25, 0.3) is 0 Å². The van der Waals surface area contributed by atoms with Crippen molar-refractivity contribution < 1.29 is 19.4 Å². The topological polar surface area (TPSA) is 87.7 Å². The lowest BCUT2D eigenvalue weighted by Gasteiger charge is -2.32. The highest BCUT2D eigenvalue weighted by molar-refractivity contribution is 5.87. The van der Waals surface area contributed by atoms with Gasteiger partial charge in [0.25, 0.3) is 0 Å². The van der Waals surface area contributed by atoms with Crippen LogP contribution >= 0.6 is 0 Å². The second kappa shape index (κ2) is 6.34. The van der Waals surface area contributed by atoms with Gasteiger partial charge in [-0.3, -0.25) is 9.59 Å². The van der Waals surface area contributed by atoms with Gasteiger partial charge in [-0.25, -0.2) is 0 Å². The van der Waals surface area contributed by atoms with E-state index in [1.54, 1.807) is 20.8 Å². The number of amides is 2. The van der Waals surface area contributed by atoms with Gasteiger partial charge in [-0.2, -0.15) is 0 Å². The molecule has 1 aliphatic rings. The molecule has 1 rings (SSSR count). The smallest absolute Gasteiger partial charge is 0.239 e. The van der Waals surface area contributed by atoms with Gasteiger partial charge in [0.2, 0.25) is 11.8 Å². The molecule has 0 radical (unpaired) electrons. The van der Waals surface area contributed by atoms with E-state index in [0.717, 1.165) is 0 Å². The lowest BCUT2D eigenvalue weighted by atomic mass is 9.94. The van der Waals surface area contributed by atoms with Gasteiger partial charge in [0.05, 0.1) is 12.1 Å². The standard InChI is InChI=1S/C13H24N2O4/c1-12(2,3)11(17)14-8-10(16)15-9-13(18)4-6-19-7-5-13/h18H,4-9H2,1-3H3,(H,14,17)(H,15,16). The maximum absolute atomic E-state index is 11.6. The van der Waals surface area contributed by atoms with Gasteiger partial charge >= 0.3 is 0 Å². The van der Waals surface area contributed by atoms with Crippen molar-refractivity contribution in [1.29, 1.82) is 0 Å². The molecule has 1 fully saturated rings. The van der Waals surface area contributed by atoms with Gasteiger partial charge in [-0.1, -0.05) is 20.8 Å². The van der Waals surface area contributed by atoms with E-state index in [0.29, 0.717) is 26.1 Å². The molecule has 19 heavy (non-hydrogen) atoms. The van der Waals surface area contributed by atoms with E-state index in [1.165, 1.54) is 0 Å². The Hall–Kier alpha value is -1.14. The molecule has 0 aromatic carbocycles. The molecule has 0 atom stereocenters. The van der Waals surface area contributed by atoms with Gasteiger partial charge in [-0.05, 0) is 0 Å². The lowest BCUT2D eigenvalue weighted by Crippen LogP contribution is -2.49. The highest BCUT2D eigenvalue weighted by atomic mass is 16.5. The molecule has 0 aromatic rings. The summed E-state index contributed by atoms with van der Waals surface area (Å²) in [6.45, 7) is 6.49. The van der Waals surface area contributed by atoms with Crippen LogP contribution in [0.3, 0.4) is 0 Å². The van der Waals surface area contributed by atoms with Crippen molar-refractivity contribution in [3.63, 3.8) is 0 Å². The van der Waals surface area contributed by atoms with Crippen LogP contribution in [0.2, 0.25) is 0 Å². The highest BCUT2D eigenvalue weighted by Gasteiger charge is 2.30. The minimum atomic E-state index is -0.887. The Morgan fingerprint density at radius 1 is 1.21 bits per heavy atom. The highest BCUT2D eigenvalue weighted by Crippen LogP contribution is 2.19. The Balaban J connectivity index is 2.26. The van der Waals surface area contributed by atoms with Crippen LogP contribution < -0.4 is 10.6 Å². The number of carbonyl (C=O) groups excluding carboxylic acids is 2. The molecule has 0 aliphatic carbocycles. The van der Waals surface area contributed by atoms with Crippen LogP contribution in [0.1, 0.15) is 33.6 Å². The number of rotatable bonds is 4. The maximum Gasteiger partial charge on any atom is 0.239 e. The average molecular weight is 272 g/mol. The first kappa shape index (κ1) is 15.9. The van der Waals surface area contributed by atoms with Gasteiger partial charge < -0.3 is 20.5 Å². The number of carbonyl (C=O) groups is 2. The SMILES string of the molecule is CC(C)(C)C(=O)NCC(=O)NCC1(O)CCOCC1. The number of hydrogen-bond acceptors (Lipinski definition) is 4. The summed E-state index contributed by atoms with van der Waals surface area (Å²) >= 11 is 0. The predicted molar refractivity (Wildman–Crippen MR) is 70.5 cm³/mol. The van der Waals surface area contributed by atoms with Gasteiger partial charge in [0, 0.05) is 38.0 Å². The molecule has 6 heteroatoms. The summed E-state index contributed by atoms with van der Waals surface area (Å²) < 4.78 is 5.16. The zero-order valence-corrected chi connectivity index (χ0v) is 11.9. The fraction of sp³-hybridized carbons (Fsp3) is 0.846. The first-order chi connectivity index (χ1) is 8.73. The van der Waals surface area contributed by atoms with Crippen LogP contribution in [-0.2, 0) is 14.3 Å². The molecule has 2 amide bonds. The van der Waals surface area contributed by atoms with Gasteiger partial charge in [-0.15, -0.1) is 0 Å². The van der Waals surface area contributed by atoms with Crippen LogP contribution in [0, 0.1) is 5.41 Å². The summed E-state index contributed by atoms with van der Waals surface area (Å²) in [5.74, 6) is -0.468. The second-order valence-electron chi connectivity index (χ2n) is 6.05. The molecule has 0 saturated carbocycles. The minimum Gasteiger partial charge on any atom is -0.388 e. The van der Waals surface area contributed by atoms with Crippen molar-refractivity contribution in [2.24, 2.45) is 5.41 Å². The molecule has 1 aliphatic heterocycles. The van der Waals surface area contributed by atoms with Crippen LogP contribution in [-0.4, -0.2) is 48.8 Å². The first-order valence-electron chi connectivity index (χ1n) is 6.58. The minimum absolute atomic E-state index is 0.0668. The predicted octanol–water partition coefficient (Wildman–Crippen LogP) is -0.194. The van der Waals surface area contributed by atoms with Crippen molar-refractivity contribution in [1.82, 2.24) is 10.6 Å². The zero-order chi connectivity index (χ0) is 14.5. The molecular weight excluding hydrogens is 248 g/mol. The Bertz CT molecular complexity index is 330. The summed E-state index contributed by atoms with van der Waals surface area (Å²) in [7, 11) is 0. The van der Waals surface area contributed by atoms with E-state index in [1.807, 2.05) is 0 Å². The largest absolute Gasteiger partial charge is 0.388 e. The summed E-state index contributed by atoms with van der Waals surface area (Å²) in [5, 5.41) is 15.4. The van der Waals surface area contributed by atoms with E-state index in [9.17, 15) is 14.7 Å². The Morgan fingerprint density at radius 3 is 2.32 bits per heavy atom. The van der Waals surface area contributed by atoms with Crippen molar-refractivity contribution in [3.05, 3.63) is 0 Å². The summed E-state index contributed by atoms with van der Waals surface area (Å²) in [6, 6.07) is 0. The summed E-state index contributed by atoms with van der Waals surface area (Å²) in [6.07, 6.45) is 1.03. The number of nitrogens with one attached hydrogen (secondary N) is 2. The van der Waals surface area contributed by atoms with Crippen LogP contribution in [0.15, 0.2) is 0 Å². The molecule has 110 valence electrons.